The lowest BCUT2D eigenvalue weighted by Crippen LogP contribution is -2.42. The SMILES string of the molecule is C[C@H](NC(=O)COC(=O)c1ccc2ccccc2n1)[C@@H]1C[C@H]2CC[C@H]1C2. The number of nitrogens with zero attached hydrogens (tertiary/aromatic N) is 1. The van der Waals surface area contributed by atoms with Crippen molar-refractivity contribution in [3.63, 3.8) is 0 Å². The van der Waals surface area contributed by atoms with Gasteiger partial charge in [-0.15, -0.1) is 0 Å². The Hall–Kier alpha value is -2.43. The van der Waals surface area contributed by atoms with Crippen molar-refractivity contribution < 1.29 is 14.3 Å². The number of para-hydroxylation sites is 1. The maximum Gasteiger partial charge on any atom is 0.357 e. The van der Waals surface area contributed by atoms with Crippen molar-refractivity contribution in [1.29, 1.82) is 0 Å². The molecule has 26 heavy (non-hydrogen) atoms. The summed E-state index contributed by atoms with van der Waals surface area (Å²) in [5.74, 6) is 1.35. The summed E-state index contributed by atoms with van der Waals surface area (Å²) in [7, 11) is 0. The fourth-order valence-corrected chi connectivity index (χ4v) is 4.69. The smallest absolute Gasteiger partial charge is 0.357 e. The van der Waals surface area contributed by atoms with Gasteiger partial charge in [-0.05, 0) is 56.1 Å². The number of carbonyl (C=O) groups is 2. The van der Waals surface area contributed by atoms with Gasteiger partial charge in [0, 0.05) is 11.4 Å². The molecule has 2 aliphatic carbocycles. The second-order valence-electron chi connectivity index (χ2n) is 7.66. The topological polar surface area (TPSA) is 68.3 Å². The molecule has 5 heteroatoms. The third-order valence-corrected chi connectivity index (χ3v) is 5.97. The van der Waals surface area contributed by atoms with Crippen LogP contribution in [0.4, 0.5) is 0 Å². The molecule has 2 aliphatic rings. The van der Waals surface area contributed by atoms with Crippen LogP contribution in [0.25, 0.3) is 10.9 Å². The summed E-state index contributed by atoms with van der Waals surface area (Å²) in [6, 6.07) is 11.2. The number of carbonyl (C=O) groups excluding carboxylic acids is 2. The predicted octanol–water partition coefficient (Wildman–Crippen LogP) is 3.33. The Balaban J connectivity index is 1.30. The lowest BCUT2D eigenvalue weighted by atomic mass is 9.84. The molecule has 0 saturated heterocycles. The normalized spacial score (nSPS) is 25.2. The molecule has 0 aliphatic heterocycles. The van der Waals surface area contributed by atoms with Crippen LogP contribution < -0.4 is 5.32 Å². The van der Waals surface area contributed by atoms with Gasteiger partial charge in [-0.3, -0.25) is 4.79 Å². The number of ether oxygens (including phenoxy) is 1. The summed E-state index contributed by atoms with van der Waals surface area (Å²) in [5, 5.41) is 3.97. The van der Waals surface area contributed by atoms with Gasteiger partial charge >= 0.3 is 5.97 Å². The Labute approximate surface area is 153 Å². The van der Waals surface area contributed by atoms with Gasteiger partial charge in [-0.25, -0.2) is 9.78 Å². The summed E-state index contributed by atoms with van der Waals surface area (Å²) in [6.07, 6.45) is 5.16. The Morgan fingerprint density at radius 1 is 1.19 bits per heavy atom. The van der Waals surface area contributed by atoms with Gasteiger partial charge in [0.1, 0.15) is 5.69 Å². The van der Waals surface area contributed by atoms with Crippen molar-refractivity contribution in [2.24, 2.45) is 17.8 Å². The van der Waals surface area contributed by atoms with Crippen LogP contribution in [-0.2, 0) is 9.53 Å². The number of aromatic nitrogens is 1. The first kappa shape index (κ1) is 17.0. The fraction of sp³-hybridized carbons (Fsp3) is 0.476. The third-order valence-electron chi connectivity index (χ3n) is 5.97. The molecule has 2 saturated carbocycles. The van der Waals surface area contributed by atoms with E-state index in [1.54, 1.807) is 6.07 Å². The van der Waals surface area contributed by atoms with Crippen molar-refractivity contribution in [2.75, 3.05) is 6.61 Å². The number of benzene rings is 1. The van der Waals surface area contributed by atoms with Crippen molar-refractivity contribution in [2.45, 2.75) is 38.6 Å². The zero-order chi connectivity index (χ0) is 18.1. The molecule has 2 aromatic rings. The van der Waals surface area contributed by atoms with Gasteiger partial charge in [-0.1, -0.05) is 30.7 Å². The highest BCUT2D eigenvalue weighted by molar-refractivity contribution is 5.92. The molecular formula is C21H24N2O3. The van der Waals surface area contributed by atoms with Crippen LogP contribution in [0, 0.1) is 17.8 Å². The van der Waals surface area contributed by atoms with E-state index < -0.39 is 5.97 Å². The minimum absolute atomic E-state index is 0.135. The highest BCUT2D eigenvalue weighted by Crippen LogP contribution is 2.49. The standard InChI is InChI=1S/C21H24N2O3/c1-13(17-11-14-6-7-16(17)10-14)22-20(24)12-26-21(25)19-9-8-15-4-2-3-5-18(15)23-19/h2-5,8-9,13-14,16-17H,6-7,10-12H2,1H3,(H,22,24)/t13-,14-,16-,17-/m0/s1. The van der Waals surface area contributed by atoms with Crippen LogP contribution in [0.1, 0.15) is 43.1 Å². The van der Waals surface area contributed by atoms with E-state index in [0.717, 1.165) is 22.7 Å². The molecule has 1 aromatic carbocycles. The third kappa shape index (κ3) is 3.43. The van der Waals surface area contributed by atoms with E-state index in [-0.39, 0.29) is 24.2 Å². The average Bonchev–Trinajstić information content (AvgIpc) is 3.29. The Morgan fingerprint density at radius 2 is 2.04 bits per heavy atom. The van der Waals surface area contributed by atoms with Gasteiger partial charge in [0.15, 0.2) is 6.61 Å². The maximum atomic E-state index is 12.2. The predicted molar refractivity (Wildman–Crippen MR) is 98.6 cm³/mol. The van der Waals surface area contributed by atoms with Crippen LogP contribution >= 0.6 is 0 Å². The van der Waals surface area contributed by atoms with Crippen molar-refractivity contribution in [1.82, 2.24) is 10.3 Å². The molecule has 2 bridgehead atoms. The van der Waals surface area contributed by atoms with Crippen molar-refractivity contribution in [3.8, 4) is 0 Å². The molecule has 4 rings (SSSR count). The van der Waals surface area contributed by atoms with Gasteiger partial charge in [-0.2, -0.15) is 0 Å². The summed E-state index contributed by atoms with van der Waals surface area (Å²) >= 11 is 0. The number of pyridine rings is 1. The van der Waals surface area contributed by atoms with E-state index in [9.17, 15) is 9.59 Å². The first-order valence-electron chi connectivity index (χ1n) is 9.42. The first-order valence-corrected chi connectivity index (χ1v) is 9.42. The molecule has 1 aromatic heterocycles. The van der Waals surface area contributed by atoms with Gasteiger partial charge in [0.2, 0.25) is 0 Å². The van der Waals surface area contributed by atoms with Crippen molar-refractivity contribution >= 4 is 22.8 Å². The number of hydrogen-bond donors (Lipinski definition) is 1. The number of fused-ring (bicyclic) bond motifs is 3. The van der Waals surface area contributed by atoms with Crippen LogP contribution in [0.3, 0.4) is 0 Å². The molecule has 1 heterocycles. The lowest BCUT2D eigenvalue weighted by Gasteiger charge is -2.28. The molecule has 1 amide bonds. The number of rotatable bonds is 5. The average molecular weight is 352 g/mol. The van der Waals surface area contributed by atoms with Crippen molar-refractivity contribution in [3.05, 3.63) is 42.1 Å². The molecular weight excluding hydrogens is 328 g/mol. The minimum Gasteiger partial charge on any atom is -0.451 e. The molecule has 1 N–H and O–H groups in total. The number of hydrogen-bond acceptors (Lipinski definition) is 4. The minimum atomic E-state index is -0.571. The maximum absolute atomic E-state index is 12.2. The van der Waals surface area contributed by atoms with E-state index in [4.69, 9.17) is 4.74 Å². The highest BCUT2D eigenvalue weighted by atomic mass is 16.5. The quantitative estimate of drug-likeness (QED) is 0.838. The van der Waals surface area contributed by atoms with E-state index >= 15 is 0 Å². The molecule has 5 nitrogen and oxygen atoms in total. The molecule has 0 unspecified atom stereocenters. The van der Waals surface area contributed by atoms with Crippen LogP contribution in [0.2, 0.25) is 0 Å². The van der Waals surface area contributed by atoms with Gasteiger partial charge < -0.3 is 10.1 Å². The van der Waals surface area contributed by atoms with E-state index in [2.05, 4.69) is 17.2 Å². The summed E-state index contributed by atoms with van der Waals surface area (Å²) in [5.41, 5.74) is 0.953. The number of nitrogens with one attached hydrogen (secondary N) is 1. The van der Waals surface area contributed by atoms with Gasteiger partial charge in [0.05, 0.1) is 5.52 Å². The molecule has 136 valence electrons. The molecule has 4 atom stereocenters. The summed E-state index contributed by atoms with van der Waals surface area (Å²) < 4.78 is 5.15. The number of esters is 1. The summed E-state index contributed by atoms with van der Waals surface area (Å²) in [4.78, 5) is 28.6. The van der Waals surface area contributed by atoms with E-state index in [1.165, 1.54) is 25.7 Å². The second-order valence-corrected chi connectivity index (χ2v) is 7.66. The monoisotopic (exact) mass is 352 g/mol. The summed E-state index contributed by atoms with van der Waals surface area (Å²) in [6.45, 7) is 1.80. The Kier molecular flexibility index (Phi) is 4.62. The highest BCUT2D eigenvalue weighted by Gasteiger charge is 2.42. The fourth-order valence-electron chi connectivity index (χ4n) is 4.69. The van der Waals surface area contributed by atoms with Crippen LogP contribution in [-0.4, -0.2) is 29.5 Å². The second kappa shape index (κ2) is 7.06. The van der Waals surface area contributed by atoms with E-state index in [1.807, 2.05) is 30.3 Å². The largest absolute Gasteiger partial charge is 0.451 e. The molecule has 0 spiro atoms. The number of amides is 1. The van der Waals surface area contributed by atoms with Crippen LogP contribution in [0.5, 0.6) is 0 Å². The lowest BCUT2D eigenvalue weighted by molar-refractivity contribution is -0.125. The zero-order valence-corrected chi connectivity index (χ0v) is 15.0. The molecule has 0 radical (unpaired) electrons. The van der Waals surface area contributed by atoms with Crippen LogP contribution in [0.15, 0.2) is 36.4 Å². The first-order chi connectivity index (χ1) is 12.6. The molecule has 2 fully saturated rings. The van der Waals surface area contributed by atoms with E-state index in [0.29, 0.717) is 5.92 Å². The zero-order valence-electron chi connectivity index (χ0n) is 15.0. The Bertz CT molecular complexity index is 835. The Morgan fingerprint density at radius 3 is 2.81 bits per heavy atom. The van der Waals surface area contributed by atoms with Gasteiger partial charge in [0.25, 0.3) is 5.91 Å².